The molecule has 1 aromatic rings. The van der Waals surface area contributed by atoms with Gasteiger partial charge < -0.3 is 13.8 Å². The second kappa shape index (κ2) is 7.42. The maximum absolute atomic E-state index is 12.5. The molecular weight excluding hydrogens is 330 g/mol. The van der Waals surface area contributed by atoms with Crippen LogP contribution in [0.15, 0.2) is 18.2 Å². The zero-order valence-electron chi connectivity index (χ0n) is 14.6. The smallest absolute Gasteiger partial charge is 0.306 e. The average molecular weight is 355 g/mol. The van der Waals surface area contributed by atoms with Crippen molar-refractivity contribution in [1.82, 2.24) is 4.90 Å². The van der Waals surface area contributed by atoms with Crippen LogP contribution in [0.4, 0.5) is 0 Å². The number of amides is 1. The summed E-state index contributed by atoms with van der Waals surface area (Å²) in [5.41, 5.74) is 0.809. The Morgan fingerprint density at radius 2 is 2.00 bits per heavy atom. The molecular formula is C17H25NO5S. The first-order valence-corrected chi connectivity index (χ1v) is 9.93. The van der Waals surface area contributed by atoms with Crippen molar-refractivity contribution in [3.8, 4) is 11.5 Å². The fourth-order valence-electron chi connectivity index (χ4n) is 2.48. The van der Waals surface area contributed by atoms with Gasteiger partial charge in [-0.15, -0.1) is 0 Å². The number of benzene rings is 1. The van der Waals surface area contributed by atoms with Gasteiger partial charge in [-0.2, -0.15) is 8.42 Å². The molecule has 134 valence electrons. The molecule has 1 aliphatic rings. The van der Waals surface area contributed by atoms with Crippen molar-refractivity contribution in [3.05, 3.63) is 23.8 Å². The van der Waals surface area contributed by atoms with Crippen molar-refractivity contribution < 1.29 is 22.1 Å². The van der Waals surface area contributed by atoms with E-state index in [9.17, 15) is 13.2 Å². The fraction of sp³-hybridized carbons (Fsp3) is 0.588. The predicted octanol–water partition coefficient (Wildman–Crippen LogP) is 2.57. The topological polar surface area (TPSA) is 72.9 Å². The van der Waals surface area contributed by atoms with Crippen molar-refractivity contribution in [1.29, 1.82) is 0 Å². The second-order valence-electron chi connectivity index (χ2n) is 6.27. The maximum atomic E-state index is 12.5. The predicted molar refractivity (Wildman–Crippen MR) is 91.5 cm³/mol. The van der Waals surface area contributed by atoms with E-state index in [1.165, 1.54) is 7.11 Å². The van der Waals surface area contributed by atoms with Crippen LogP contribution in [-0.4, -0.2) is 38.6 Å². The molecule has 6 nitrogen and oxygen atoms in total. The second-order valence-corrected chi connectivity index (χ2v) is 7.85. The van der Waals surface area contributed by atoms with E-state index in [1.807, 2.05) is 24.8 Å². The van der Waals surface area contributed by atoms with E-state index in [4.69, 9.17) is 8.92 Å². The van der Waals surface area contributed by atoms with Gasteiger partial charge in [0.1, 0.15) is 0 Å². The van der Waals surface area contributed by atoms with Gasteiger partial charge in [0.05, 0.1) is 13.4 Å². The molecule has 1 amide bonds. The number of carbonyl (C=O) groups is 1. The summed E-state index contributed by atoms with van der Waals surface area (Å²) in [4.78, 5) is 14.4. The molecule has 1 atom stereocenters. The minimum absolute atomic E-state index is 0.125. The number of rotatable bonds is 8. The molecule has 0 radical (unpaired) electrons. The molecule has 0 saturated heterocycles. The van der Waals surface area contributed by atoms with Gasteiger partial charge in [-0.3, -0.25) is 4.79 Å². The highest BCUT2D eigenvalue weighted by molar-refractivity contribution is 7.86. The molecule has 0 unspecified atom stereocenters. The summed E-state index contributed by atoms with van der Waals surface area (Å²) in [6.45, 7) is 4.50. The summed E-state index contributed by atoms with van der Waals surface area (Å²) in [5, 5.41) is 0. The standard InChI is InChI=1S/C17H25NO5S/c1-5-12(2)18(17(19)14-7-8-14)11-13-6-9-15(22-3)16(10-13)23-24(4,20)21/h6,9-10,12,14H,5,7-8,11H2,1-4H3/t12-/m1/s1. The number of hydrogen-bond acceptors (Lipinski definition) is 5. The molecule has 1 aromatic carbocycles. The van der Waals surface area contributed by atoms with Crippen LogP contribution >= 0.6 is 0 Å². The lowest BCUT2D eigenvalue weighted by molar-refractivity contribution is -0.135. The Labute approximate surface area is 143 Å². The molecule has 24 heavy (non-hydrogen) atoms. The van der Waals surface area contributed by atoms with Crippen molar-refractivity contribution in [2.45, 2.75) is 45.7 Å². The number of hydrogen-bond donors (Lipinski definition) is 0. The third kappa shape index (κ3) is 4.87. The lowest BCUT2D eigenvalue weighted by atomic mass is 10.1. The molecule has 1 saturated carbocycles. The summed E-state index contributed by atoms with van der Waals surface area (Å²) in [5.74, 6) is 0.794. The van der Waals surface area contributed by atoms with Gasteiger partial charge in [0.2, 0.25) is 5.91 Å². The minimum Gasteiger partial charge on any atom is -0.493 e. The quantitative estimate of drug-likeness (QED) is 0.670. The molecule has 2 rings (SSSR count). The van der Waals surface area contributed by atoms with Crippen molar-refractivity contribution in [3.63, 3.8) is 0 Å². The molecule has 7 heteroatoms. The van der Waals surface area contributed by atoms with Gasteiger partial charge in [0.15, 0.2) is 11.5 Å². The summed E-state index contributed by atoms with van der Waals surface area (Å²) in [6, 6.07) is 5.23. The van der Waals surface area contributed by atoms with Crippen LogP contribution in [0, 0.1) is 5.92 Å². The van der Waals surface area contributed by atoms with E-state index in [0.29, 0.717) is 12.3 Å². The zero-order valence-corrected chi connectivity index (χ0v) is 15.4. The Kier molecular flexibility index (Phi) is 5.74. The van der Waals surface area contributed by atoms with E-state index in [1.54, 1.807) is 12.1 Å². The first-order chi connectivity index (χ1) is 11.2. The van der Waals surface area contributed by atoms with Crippen molar-refractivity contribution in [2.24, 2.45) is 5.92 Å². The molecule has 0 spiro atoms. The van der Waals surface area contributed by atoms with Gasteiger partial charge in [-0.1, -0.05) is 13.0 Å². The van der Waals surface area contributed by atoms with Gasteiger partial charge >= 0.3 is 10.1 Å². The first-order valence-electron chi connectivity index (χ1n) is 8.12. The van der Waals surface area contributed by atoms with Crippen LogP contribution in [0.2, 0.25) is 0 Å². The summed E-state index contributed by atoms with van der Waals surface area (Å²) >= 11 is 0. The van der Waals surface area contributed by atoms with E-state index in [-0.39, 0.29) is 23.6 Å². The molecule has 0 aliphatic heterocycles. The van der Waals surface area contributed by atoms with Crippen molar-refractivity contribution >= 4 is 16.0 Å². The lowest BCUT2D eigenvalue weighted by Crippen LogP contribution is -2.38. The van der Waals surface area contributed by atoms with Gasteiger partial charge in [-0.25, -0.2) is 0 Å². The van der Waals surface area contributed by atoms with Crippen LogP contribution in [0.5, 0.6) is 11.5 Å². The van der Waals surface area contributed by atoms with Gasteiger partial charge in [-0.05, 0) is 43.9 Å². The Morgan fingerprint density at radius 3 is 2.50 bits per heavy atom. The Hall–Kier alpha value is -1.76. The lowest BCUT2D eigenvalue weighted by Gasteiger charge is -2.29. The minimum atomic E-state index is -3.66. The van der Waals surface area contributed by atoms with Crippen LogP contribution in [-0.2, 0) is 21.5 Å². The Bertz CT molecular complexity index is 697. The highest BCUT2D eigenvalue weighted by Crippen LogP contribution is 2.34. The summed E-state index contributed by atoms with van der Waals surface area (Å²) < 4.78 is 33.0. The summed E-state index contributed by atoms with van der Waals surface area (Å²) in [7, 11) is -2.21. The molecule has 1 fully saturated rings. The fourth-order valence-corrected chi connectivity index (χ4v) is 2.94. The average Bonchev–Trinajstić information content (AvgIpc) is 3.34. The molecule has 0 aromatic heterocycles. The third-order valence-electron chi connectivity index (χ3n) is 4.15. The first kappa shape index (κ1) is 18.6. The normalized spacial score (nSPS) is 15.7. The van der Waals surface area contributed by atoms with Crippen molar-refractivity contribution in [2.75, 3.05) is 13.4 Å². The van der Waals surface area contributed by atoms with E-state index in [0.717, 1.165) is 31.1 Å². The highest BCUT2D eigenvalue weighted by atomic mass is 32.2. The monoisotopic (exact) mass is 355 g/mol. The zero-order chi connectivity index (χ0) is 17.9. The summed E-state index contributed by atoms with van der Waals surface area (Å²) in [6.07, 6.45) is 3.76. The molecule has 0 heterocycles. The van der Waals surface area contributed by atoms with E-state index in [2.05, 4.69) is 0 Å². The third-order valence-corrected chi connectivity index (χ3v) is 4.64. The maximum Gasteiger partial charge on any atom is 0.306 e. The number of nitrogens with zero attached hydrogens (tertiary/aromatic N) is 1. The molecule has 0 bridgehead atoms. The molecule has 1 aliphatic carbocycles. The highest BCUT2D eigenvalue weighted by Gasteiger charge is 2.35. The van der Waals surface area contributed by atoms with Gasteiger partial charge in [0, 0.05) is 18.5 Å². The van der Waals surface area contributed by atoms with Crippen LogP contribution in [0.3, 0.4) is 0 Å². The van der Waals surface area contributed by atoms with Crippen LogP contribution in [0.25, 0.3) is 0 Å². The van der Waals surface area contributed by atoms with Gasteiger partial charge in [0.25, 0.3) is 0 Å². The van der Waals surface area contributed by atoms with Crippen LogP contribution < -0.4 is 8.92 Å². The number of carbonyl (C=O) groups excluding carboxylic acids is 1. The molecule has 0 N–H and O–H groups in total. The Balaban J connectivity index is 2.26. The SMILES string of the molecule is CC[C@@H](C)N(Cc1ccc(OC)c(OS(C)(=O)=O)c1)C(=O)C1CC1. The largest absolute Gasteiger partial charge is 0.493 e. The number of methoxy groups -OCH3 is 1. The van der Waals surface area contributed by atoms with Crippen LogP contribution in [0.1, 0.15) is 38.7 Å². The van der Waals surface area contributed by atoms with E-state index < -0.39 is 10.1 Å². The number of ether oxygens (including phenoxy) is 1. The van der Waals surface area contributed by atoms with E-state index >= 15 is 0 Å². The Morgan fingerprint density at radius 1 is 1.33 bits per heavy atom.